The molecule has 1 aromatic heterocycles. The summed E-state index contributed by atoms with van der Waals surface area (Å²) in [6.07, 6.45) is 0. The van der Waals surface area contributed by atoms with Gasteiger partial charge < -0.3 is 10.6 Å². The zero-order valence-electron chi connectivity index (χ0n) is 13.2. The zero-order chi connectivity index (χ0) is 17.6. The van der Waals surface area contributed by atoms with E-state index in [2.05, 4.69) is 15.6 Å². The van der Waals surface area contributed by atoms with Crippen LogP contribution in [0.1, 0.15) is 11.4 Å². The number of pyridine rings is 1. The quantitative estimate of drug-likeness (QED) is 0.409. The standard InChI is InChI=1S/C15H21Cl2N3O2S2/c16-8-14(21)18-4-6-23-10-12-2-1-3-13(20-12)11-24-7-5-19-15(22)9-17/h1-3H,4-11H2,(H,18,21)(H,19,22). The first-order valence-electron chi connectivity index (χ1n) is 7.41. The molecule has 0 aromatic carbocycles. The Kier molecular flexibility index (Phi) is 12.2. The topological polar surface area (TPSA) is 71.1 Å². The molecule has 5 nitrogen and oxygen atoms in total. The Hall–Kier alpha value is -0.630. The largest absolute Gasteiger partial charge is 0.354 e. The van der Waals surface area contributed by atoms with Crippen LogP contribution in [0.2, 0.25) is 0 Å². The van der Waals surface area contributed by atoms with E-state index in [1.54, 1.807) is 23.5 Å². The Bertz CT molecular complexity index is 480. The third kappa shape index (κ3) is 10.3. The first kappa shape index (κ1) is 21.4. The van der Waals surface area contributed by atoms with Crippen LogP contribution in [0, 0.1) is 0 Å². The molecule has 24 heavy (non-hydrogen) atoms. The number of amides is 2. The van der Waals surface area contributed by atoms with Crippen molar-refractivity contribution in [2.24, 2.45) is 0 Å². The molecule has 0 saturated carbocycles. The number of nitrogens with zero attached hydrogens (tertiary/aromatic N) is 1. The molecule has 1 rings (SSSR count). The van der Waals surface area contributed by atoms with Crippen molar-refractivity contribution in [3.63, 3.8) is 0 Å². The number of hydrogen-bond donors (Lipinski definition) is 2. The lowest BCUT2D eigenvalue weighted by Crippen LogP contribution is -2.26. The van der Waals surface area contributed by atoms with Crippen molar-refractivity contribution in [2.45, 2.75) is 11.5 Å². The molecule has 0 saturated heterocycles. The van der Waals surface area contributed by atoms with Crippen LogP contribution in [-0.2, 0) is 21.1 Å². The van der Waals surface area contributed by atoms with Crippen LogP contribution in [0.4, 0.5) is 0 Å². The van der Waals surface area contributed by atoms with Crippen molar-refractivity contribution < 1.29 is 9.59 Å². The first-order chi connectivity index (χ1) is 11.7. The van der Waals surface area contributed by atoms with Gasteiger partial charge in [0.2, 0.25) is 11.8 Å². The van der Waals surface area contributed by atoms with Crippen molar-refractivity contribution in [1.29, 1.82) is 0 Å². The molecule has 0 atom stereocenters. The Balaban J connectivity index is 2.18. The molecular weight excluding hydrogens is 389 g/mol. The molecule has 0 spiro atoms. The van der Waals surface area contributed by atoms with Gasteiger partial charge in [0.15, 0.2) is 0 Å². The van der Waals surface area contributed by atoms with Crippen molar-refractivity contribution >= 4 is 58.5 Å². The Morgan fingerprint density at radius 1 is 0.917 bits per heavy atom. The average molecular weight is 410 g/mol. The van der Waals surface area contributed by atoms with Crippen LogP contribution >= 0.6 is 46.7 Å². The summed E-state index contributed by atoms with van der Waals surface area (Å²) in [5.41, 5.74) is 2.05. The van der Waals surface area contributed by atoms with E-state index in [-0.39, 0.29) is 23.6 Å². The number of carbonyl (C=O) groups is 2. The highest BCUT2D eigenvalue weighted by Gasteiger charge is 2.01. The van der Waals surface area contributed by atoms with Crippen LogP contribution in [0.25, 0.3) is 0 Å². The fraction of sp³-hybridized carbons (Fsp3) is 0.533. The number of alkyl halides is 2. The molecule has 2 N–H and O–H groups in total. The molecule has 0 aliphatic rings. The highest BCUT2D eigenvalue weighted by atomic mass is 35.5. The minimum absolute atomic E-state index is 0.00148. The van der Waals surface area contributed by atoms with E-state index < -0.39 is 0 Å². The maximum Gasteiger partial charge on any atom is 0.234 e. The van der Waals surface area contributed by atoms with Crippen molar-refractivity contribution in [3.05, 3.63) is 29.6 Å². The monoisotopic (exact) mass is 409 g/mol. The lowest BCUT2D eigenvalue weighted by atomic mass is 10.3. The molecule has 0 aliphatic carbocycles. The lowest BCUT2D eigenvalue weighted by Gasteiger charge is -2.06. The molecule has 1 heterocycles. The Morgan fingerprint density at radius 2 is 1.38 bits per heavy atom. The number of halogens is 2. The number of hydrogen-bond acceptors (Lipinski definition) is 5. The van der Waals surface area contributed by atoms with Gasteiger partial charge in [-0.3, -0.25) is 14.6 Å². The lowest BCUT2D eigenvalue weighted by molar-refractivity contribution is -0.119. The van der Waals surface area contributed by atoms with Gasteiger partial charge in [-0.05, 0) is 12.1 Å². The predicted octanol–water partition coefficient (Wildman–Crippen LogP) is 2.26. The van der Waals surface area contributed by atoms with E-state index in [4.69, 9.17) is 23.2 Å². The minimum atomic E-state index is -0.142. The summed E-state index contributed by atoms with van der Waals surface area (Å²) < 4.78 is 0. The number of aromatic nitrogens is 1. The van der Waals surface area contributed by atoms with Crippen molar-refractivity contribution in [2.75, 3.05) is 36.4 Å². The Labute approximate surface area is 161 Å². The van der Waals surface area contributed by atoms with Gasteiger partial charge in [-0.1, -0.05) is 6.07 Å². The van der Waals surface area contributed by atoms with Crippen LogP contribution in [0.15, 0.2) is 18.2 Å². The van der Waals surface area contributed by atoms with E-state index in [1.807, 2.05) is 18.2 Å². The van der Waals surface area contributed by atoms with Crippen LogP contribution in [-0.4, -0.2) is 53.2 Å². The normalized spacial score (nSPS) is 10.4. The molecule has 1 aromatic rings. The van der Waals surface area contributed by atoms with E-state index in [1.165, 1.54) is 0 Å². The molecule has 0 unspecified atom stereocenters. The molecule has 0 radical (unpaired) electrons. The first-order valence-corrected chi connectivity index (χ1v) is 10.8. The van der Waals surface area contributed by atoms with Crippen LogP contribution in [0.5, 0.6) is 0 Å². The summed E-state index contributed by atoms with van der Waals surface area (Å²) in [5, 5.41) is 5.46. The van der Waals surface area contributed by atoms with Gasteiger partial charge in [0.1, 0.15) is 11.8 Å². The van der Waals surface area contributed by atoms with E-state index in [0.29, 0.717) is 13.1 Å². The predicted molar refractivity (Wildman–Crippen MR) is 104 cm³/mol. The summed E-state index contributed by atoms with van der Waals surface area (Å²) in [6.45, 7) is 1.22. The number of carbonyl (C=O) groups excluding carboxylic acids is 2. The molecule has 134 valence electrons. The molecular formula is C15H21Cl2N3O2S2. The molecule has 0 aliphatic heterocycles. The summed E-state index contributed by atoms with van der Waals surface area (Å²) in [4.78, 5) is 26.6. The second-order valence-corrected chi connectivity index (χ2v) is 7.44. The molecule has 0 fully saturated rings. The summed E-state index contributed by atoms with van der Waals surface area (Å²) >= 11 is 14.2. The van der Waals surface area contributed by atoms with Crippen molar-refractivity contribution in [3.8, 4) is 0 Å². The number of thioether (sulfide) groups is 2. The number of nitrogens with one attached hydrogen (secondary N) is 2. The van der Waals surface area contributed by atoms with Crippen LogP contribution < -0.4 is 10.6 Å². The van der Waals surface area contributed by atoms with Gasteiger partial charge in [0.05, 0.1) is 11.4 Å². The van der Waals surface area contributed by atoms with Gasteiger partial charge in [-0.25, -0.2) is 0 Å². The second kappa shape index (κ2) is 13.6. The van der Waals surface area contributed by atoms with E-state index in [9.17, 15) is 9.59 Å². The molecule has 2 amide bonds. The highest BCUT2D eigenvalue weighted by molar-refractivity contribution is 7.98. The molecule has 0 bridgehead atoms. The highest BCUT2D eigenvalue weighted by Crippen LogP contribution is 2.13. The fourth-order valence-electron chi connectivity index (χ4n) is 1.66. The average Bonchev–Trinajstić information content (AvgIpc) is 2.61. The maximum absolute atomic E-state index is 11.0. The zero-order valence-corrected chi connectivity index (χ0v) is 16.4. The van der Waals surface area contributed by atoms with Crippen LogP contribution in [0.3, 0.4) is 0 Å². The van der Waals surface area contributed by atoms with Gasteiger partial charge >= 0.3 is 0 Å². The summed E-state index contributed by atoms with van der Waals surface area (Å²) in [5.74, 6) is 2.98. The second-order valence-electron chi connectivity index (χ2n) is 4.69. The minimum Gasteiger partial charge on any atom is -0.354 e. The molecule has 9 heteroatoms. The smallest absolute Gasteiger partial charge is 0.234 e. The van der Waals surface area contributed by atoms with Gasteiger partial charge in [-0.2, -0.15) is 23.5 Å². The third-order valence-corrected chi connectivity index (χ3v) is 5.22. The fourth-order valence-corrected chi connectivity index (χ4v) is 3.37. The van der Waals surface area contributed by atoms with E-state index >= 15 is 0 Å². The number of rotatable bonds is 12. The Morgan fingerprint density at radius 3 is 1.79 bits per heavy atom. The van der Waals surface area contributed by atoms with Gasteiger partial charge in [0, 0.05) is 36.1 Å². The third-order valence-electron chi connectivity index (χ3n) is 2.74. The summed E-state index contributed by atoms with van der Waals surface area (Å²) in [6, 6.07) is 6.00. The van der Waals surface area contributed by atoms with Crippen molar-refractivity contribution in [1.82, 2.24) is 15.6 Å². The maximum atomic E-state index is 11.0. The van der Waals surface area contributed by atoms with Gasteiger partial charge in [-0.15, -0.1) is 23.2 Å². The SMILES string of the molecule is O=C(CCl)NCCSCc1cccc(CSCCNC(=O)CCl)n1. The van der Waals surface area contributed by atoms with Gasteiger partial charge in [0.25, 0.3) is 0 Å². The summed E-state index contributed by atoms with van der Waals surface area (Å²) in [7, 11) is 0. The van der Waals surface area contributed by atoms with E-state index in [0.717, 1.165) is 34.4 Å².